The number of hydrogen-bond acceptors (Lipinski definition) is 4. The highest BCUT2D eigenvalue weighted by atomic mass is 19.4. The lowest BCUT2D eigenvalue weighted by Gasteiger charge is -2.27. The van der Waals surface area contributed by atoms with Crippen molar-refractivity contribution in [2.75, 3.05) is 17.2 Å². The van der Waals surface area contributed by atoms with Gasteiger partial charge in [-0.15, -0.1) is 0 Å². The summed E-state index contributed by atoms with van der Waals surface area (Å²) in [7, 11) is 0. The zero-order valence-corrected chi connectivity index (χ0v) is 12.5. The molecule has 24 heavy (non-hydrogen) atoms. The van der Waals surface area contributed by atoms with Gasteiger partial charge in [-0.25, -0.2) is 9.97 Å². The van der Waals surface area contributed by atoms with E-state index in [1.54, 1.807) is 0 Å². The van der Waals surface area contributed by atoms with Gasteiger partial charge in [0, 0.05) is 12.2 Å². The number of fused-ring (bicyclic) bond motifs is 2. The summed E-state index contributed by atoms with van der Waals surface area (Å²) in [5, 5.41) is 6.91. The Bertz CT molecular complexity index is 887. The van der Waals surface area contributed by atoms with E-state index in [2.05, 4.69) is 25.6 Å². The van der Waals surface area contributed by atoms with Crippen molar-refractivity contribution in [3.05, 3.63) is 47.9 Å². The Kier molecular flexibility index (Phi) is 3.33. The number of H-pyrrole nitrogens is 1. The highest BCUT2D eigenvalue weighted by molar-refractivity contribution is 5.88. The molecule has 2 aromatic heterocycles. The molecular weight excluding hydrogens is 319 g/mol. The van der Waals surface area contributed by atoms with Gasteiger partial charge in [0.2, 0.25) is 0 Å². The number of para-hydroxylation sites is 1. The molecule has 3 heterocycles. The van der Waals surface area contributed by atoms with Crippen LogP contribution in [0.4, 0.5) is 24.7 Å². The van der Waals surface area contributed by atoms with Gasteiger partial charge in [-0.1, -0.05) is 18.2 Å². The summed E-state index contributed by atoms with van der Waals surface area (Å²) in [6.45, 7) is 0.782. The SMILES string of the molecule is FC(F)(F)c1cc2c(N[C@@H]3CCNc4ccccc43)ncnc2[nH]1. The van der Waals surface area contributed by atoms with Gasteiger partial charge in [0.05, 0.1) is 11.4 Å². The molecule has 1 atom stereocenters. The maximum atomic E-state index is 12.9. The van der Waals surface area contributed by atoms with E-state index in [4.69, 9.17) is 0 Å². The van der Waals surface area contributed by atoms with E-state index >= 15 is 0 Å². The van der Waals surface area contributed by atoms with Gasteiger partial charge in [-0.3, -0.25) is 0 Å². The Morgan fingerprint density at radius 3 is 2.83 bits per heavy atom. The van der Waals surface area contributed by atoms with Crippen molar-refractivity contribution in [1.82, 2.24) is 15.0 Å². The second-order valence-electron chi connectivity index (χ2n) is 5.66. The van der Waals surface area contributed by atoms with Crippen molar-refractivity contribution >= 4 is 22.5 Å². The number of rotatable bonds is 2. The normalized spacial score (nSPS) is 17.4. The molecule has 1 aliphatic heterocycles. The Morgan fingerprint density at radius 2 is 2.00 bits per heavy atom. The van der Waals surface area contributed by atoms with E-state index in [1.165, 1.54) is 6.33 Å². The van der Waals surface area contributed by atoms with Crippen LogP contribution in [0, 0.1) is 0 Å². The summed E-state index contributed by atoms with van der Waals surface area (Å²) < 4.78 is 38.7. The minimum Gasteiger partial charge on any atom is -0.385 e. The van der Waals surface area contributed by atoms with Gasteiger partial charge in [-0.2, -0.15) is 13.2 Å². The first kappa shape index (κ1) is 14.8. The molecule has 0 unspecified atom stereocenters. The first-order chi connectivity index (χ1) is 11.5. The van der Waals surface area contributed by atoms with Crippen LogP contribution in [0.15, 0.2) is 36.7 Å². The molecule has 1 aliphatic rings. The average molecular weight is 333 g/mol. The molecule has 5 nitrogen and oxygen atoms in total. The van der Waals surface area contributed by atoms with Crippen molar-refractivity contribution in [3.63, 3.8) is 0 Å². The summed E-state index contributed by atoms with van der Waals surface area (Å²) >= 11 is 0. The summed E-state index contributed by atoms with van der Waals surface area (Å²) in [6, 6.07) is 8.88. The number of alkyl halides is 3. The Balaban J connectivity index is 1.72. The molecule has 0 amide bonds. The molecule has 0 aliphatic carbocycles. The minimum atomic E-state index is -4.45. The van der Waals surface area contributed by atoms with Crippen molar-refractivity contribution in [1.29, 1.82) is 0 Å². The van der Waals surface area contributed by atoms with Gasteiger partial charge in [0.1, 0.15) is 23.5 Å². The molecule has 3 aromatic rings. The maximum absolute atomic E-state index is 12.9. The smallest absolute Gasteiger partial charge is 0.385 e. The predicted octanol–water partition coefficient (Wildman–Crippen LogP) is 3.95. The number of nitrogens with zero attached hydrogens (tertiary/aromatic N) is 2. The van der Waals surface area contributed by atoms with E-state index in [0.717, 1.165) is 30.3 Å². The monoisotopic (exact) mass is 333 g/mol. The maximum Gasteiger partial charge on any atom is 0.431 e. The highest BCUT2D eigenvalue weighted by Gasteiger charge is 2.33. The molecule has 0 radical (unpaired) electrons. The van der Waals surface area contributed by atoms with Crippen LogP contribution in [0.5, 0.6) is 0 Å². The average Bonchev–Trinajstić information content (AvgIpc) is 3.01. The molecule has 8 heteroatoms. The van der Waals surface area contributed by atoms with E-state index in [1.807, 2.05) is 24.3 Å². The third kappa shape index (κ3) is 2.53. The lowest BCUT2D eigenvalue weighted by Crippen LogP contribution is -2.22. The van der Waals surface area contributed by atoms with E-state index < -0.39 is 11.9 Å². The number of nitrogens with one attached hydrogen (secondary N) is 3. The van der Waals surface area contributed by atoms with Crippen molar-refractivity contribution in [2.24, 2.45) is 0 Å². The quantitative estimate of drug-likeness (QED) is 0.664. The van der Waals surface area contributed by atoms with Gasteiger partial charge in [0.25, 0.3) is 0 Å². The van der Waals surface area contributed by atoms with Crippen LogP contribution in [0.25, 0.3) is 11.0 Å². The van der Waals surface area contributed by atoms with E-state index in [9.17, 15) is 13.2 Å². The zero-order valence-electron chi connectivity index (χ0n) is 12.5. The summed E-state index contributed by atoms with van der Waals surface area (Å²) in [5.41, 5.74) is 1.44. The molecular formula is C16H14F3N5. The molecule has 0 bridgehead atoms. The fourth-order valence-corrected chi connectivity index (χ4v) is 2.99. The molecule has 0 saturated carbocycles. The third-order valence-corrected chi connectivity index (χ3v) is 4.13. The Morgan fingerprint density at radius 1 is 1.17 bits per heavy atom. The largest absolute Gasteiger partial charge is 0.431 e. The fourth-order valence-electron chi connectivity index (χ4n) is 2.99. The molecule has 1 aromatic carbocycles. The number of halogens is 3. The van der Waals surface area contributed by atoms with Crippen LogP contribution in [0.2, 0.25) is 0 Å². The topological polar surface area (TPSA) is 65.6 Å². The lowest BCUT2D eigenvalue weighted by molar-refractivity contribution is -0.140. The Labute approximate surface area is 135 Å². The van der Waals surface area contributed by atoms with E-state index in [0.29, 0.717) is 11.2 Å². The van der Waals surface area contributed by atoms with Crippen LogP contribution >= 0.6 is 0 Å². The number of hydrogen-bond donors (Lipinski definition) is 3. The van der Waals surface area contributed by atoms with Crippen LogP contribution < -0.4 is 10.6 Å². The number of aromatic nitrogens is 3. The van der Waals surface area contributed by atoms with Crippen LogP contribution in [-0.2, 0) is 6.18 Å². The molecule has 0 fully saturated rings. The standard InChI is InChI=1S/C16H14F3N5/c17-16(18,19)13-7-10-14(21-8-22-15(10)24-13)23-12-5-6-20-11-4-2-1-3-9(11)12/h1-4,7-8,12,20H,5-6H2,(H2,21,22,23,24)/t12-/m1/s1. The van der Waals surface area contributed by atoms with Gasteiger partial charge in [0.15, 0.2) is 0 Å². The van der Waals surface area contributed by atoms with Gasteiger partial charge < -0.3 is 15.6 Å². The molecule has 4 rings (SSSR count). The third-order valence-electron chi connectivity index (χ3n) is 4.13. The van der Waals surface area contributed by atoms with E-state index in [-0.39, 0.29) is 11.7 Å². The number of anilines is 2. The fraction of sp³-hybridized carbons (Fsp3) is 0.250. The molecule has 124 valence electrons. The summed E-state index contributed by atoms with van der Waals surface area (Å²) in [5.74, 6) is 0.397. The summed E-state index contributed by atoms with van der Waals surface area (Å²) in [4.78, 5) is 10.3. The summed E-state index contributed by atoms with van der Waals surface area (Å²) in [6.07, 6.45) is -2.38. The molecule has 3 N–H and O–H groups in total. The highest BCUT2D eigenvalue weighted by Crippen LogP contribution is 2.35. The van der Waals surface area contributed by atoms with Crippen LogP contribution in [0.3, 0.4) is 0 Å². The van der Waals surface area contributed by atoms with Gasteiger partial charge >= 0.3 is 6.18 Å². The van der Waals surface area contributed by atoms with Crippen molar-refractivity contribution in [3.8, 4) is 0 Å². The predicted molar refractivity (Wildman–Crippen MR) is 84.8 cm³/mol. The molecule has 0 saturated heterocycles. The minimum absolute atomic E-state index is 0.0233. The zero-order chi connectivity index (χ0) is 16.7. The second kappa shape index (κ2) is 5.40. The van der Waals surface area contributed by atoms with Crippen LogP contribution in [0.1, 0.15) is 23.7 Å². The van der Waals surface area contributed by atoms with Crippen molar-refractivity contribution in [2.45, 2.75) is 18.6 Å². The number of benzene rings is 1. The van der Waals surface area contributed by atoms with Gasteiger partial charge in [-0.05, 0) is 24.1 Å². The first-order valence-corrected chi connectivity index (χ1v) is 7.52. The first-order valence-electron chi connectivity index (χ1n) is 7.52. The van der Waals surface area contributed by atoms with Crippen molar-refractivity contribution < 1.29 is 13.2 Å². The Hall–Kier alpha value is -2.77. The molecule has 0 spiro atoms. The lowest BCUT2D eigenvalue weighted by atomic mass is 9.98. The number of aromatic amines is 1. The second-order valence-corrected chi connectivity index (χ2v) is 5.66. The van der Waals surface area contributed by atoms with Crippen LogP contribution in [-0.4, -0.2) is 21.5 Å².